The first-order valence-electron chi connectivity index (χ1n) is 10.5. The molecule has 0 radical (unpaired) electrons. The van der Waals surface area contributed by atoms with Crippen LogP contribution in [0.15, 0.2) is 53.9 Å². The van der Waals surface area contributed by atoms with E-state index >= 15 is 0 Å². The lowest BCUT2D eigenvalue weighted by Crippen LogP contribution is -2.51. The Kier molecular flexibility index (Phi) is 7.26. The second-order valence-electron chi connectivity index (χ2n) is 7.61. The van der Waals surface area contributed by atoms with Crippen LogP contribution in [0, 0.1) is 11.6 Å². The SMILES string of the molecule is O=C(CN1CCN(C(=O)c2csc(Nc3ccccc3F)n2)CC1)NCc1ccc(F)cc1. The highest BCUT2D eigenvalue weighted by atomic mass is 32.1. The zero-order valence-electron chi connectivity index (χ0n) is 17.8. The number of carbonyl (C=O) groups excluding carboxylic acids is 2. The minimum atomic E-state index is -0.390. The Morgan fingerprint density at radius 2 is 1.73 bits per heavy atom. The second-order valence-corrected chi connectivity index (χ2v) is 8.47. The molecule has 2 amide bonds. The van der Waals surface area contributed by atoms with Crippen LogP contribution >= 0.6 is 11.3 Å². The summed E-state index contributed by atoms with van der Waals surface area (Å²) in [5.41, 5.74) is 1.44. The first kappa shape index (κ1) is 22.8. The van der Waals surface area contributed by atoms with Gasteiger partial charge >= 0.3 is 0 Å². The molecule has 1 fully saturated rings. The molecule has 0 bridgehead atoms. The van der Waals surface area contributed by atoms with Crippen LogP contribution in [0.25, 0.3) is 0 Å². The smallest absolute Gasteiger partial charge is 0.273 e. The Labute approximate surface area is 194 Å². The number of benzene rings is 2. The van der Waals surface area contributed by atoms with Gasteiger partial charge in [-0.15, -0.1) is 11.3 Å². The molecule has 0 saturated carbocycles. The number of hydrogen-bond donors (Lipinski definition) is 2. The number of nitrogens with zero attached hydrogens (tertiary/aromatic N) is 3. The topological polar surface area (TPSA) is 77.6 Å². The molecule has 0 aliphatic carbocycles. The summed E-state index contributed by atoms with van der Waals surface area (Å²) in [6, 6.07) is 12.3. The third-order valence-electron chi connectivity index (χ3n) is 5.27. The fraction of sp³-hybridized carbons (Fsp3) is 0.261. The second kappa shape index (κ2) is 10.5. The highest BCUT2D eigenvalue weighted by molar-refractivity contribution is 7.14. The third kappa shape index (κ3) is 6.11. The van der Waals surface area contributed by atoms with E-state index in [1.54, 1.807) is 40.6 Å². The molecule has 0 unspecified atom stereocenters. The van der Waals surface area contributed by atoms with E-state index in [-0.39, 0.29) is 24.2 Å². The number of nitrogens with one attached hydrogen (secondary N) is 2. The molecular formula is C23H23F2N5O2S. The van der Waals surface area contributed by atoms with Gasteiger partial charge in [-0.05, 0) is 29.8 Å². The van der Waals surface area contributed by atoms with Crippen LogP contribution in [0.4, 0.5) is 19.6 Å². The van der Waals surface area contributed by atoms with Gasteiger partial charge in [-0.25, -0.2) is 13.8 Å². The van der Waals surface area contributed by atoms with Crippen molar-refractivity contribution in [1.82, 2.24) is 20.1 Å². The van der Waals surface area contributed by atoms with Crippen molar-refractivity contribution in [2.45, 2.75) is 6.54 Å². The van der Waals surface area contributed by atoms with Crippen LogP contribution in [-0.4, -0.2) is 59.3 Å². The van der Waals surface area contributed by atoms with Crippen molar-refractivity contribution in [3.63, 3.8) is 0 Å². The molecule has 3 aromatic rings. The Morgan fingerprint density at radius 3 is 2.45 bits per heavy atom. The number of para-hydroxylation sites is 1. The van der Waals surface area contributed by atoms with E-state index in [9.17, 15) is 18.4 Å². The summed E-state index contributed by atoms with van der Waals surface area (Å²) in [6.45, 7) is 2.68. The van der Waals surface area contributed by atoms with Gasteiger partial charge in [0, 0.05) is 38.1 Å². The highest BCUT2D eigenvalue weighted by Gasteiger charge is 2.25. The van der Waals surface area contributed by atoms with E-state index < -0.39 is 5.82 Å². The maximum absolute atomic E-state index is 13.8. The maximum atomic E-state index is 13.8. The summed E-state index contributed by atoms with van der Waals surface area (Å²) in [5, 5.41) is 7.82. The van der Waals surface area contributed by atoms with Crippen LogP contribution in [0.5, 0.6) is 0 Å². The molecule has 7 nitrogen and oxygen atoms in total. The first-order valence-corrected chi connectivity index (χ1v) is 11.4. The fourth-order valence-electron chi connectivity index (χ4n) is 3.44. The number of piperazine rings is 1. The van der Waals surface area contributed by atoms with Gasteiger partial charge in [-0.3, -0.25) is 14.5 Å². The molecule has 4 rings (SSSR count). The van der Waals surface area contributed by atoms with Gasteiger partial charge in [0.1, 0.15) is 17.3 Å². The number of halogens is 2. The number of anilines is 2. The largest absolute Gasteiger partial charge is 0.351 e. The number of carbonyl (C=O) groups is 2. The van der Waals surface area contributed by atoms with Crippen LogP contribution in [0.2, 0.25) is 0 Å². The van der Waals surface area contributed by atoms with Gasteiger partial charge in [0.2, 0.25) is 5.91 Å². The zero-order chi connectivity index (χ0) is 23.2. The molecule has 2 heterocycles. The lowest BCUT2D eigenvalue weighted by molar-refractivity contribution is -0.122. The number of thiazole rings is 1. The van der Waals surface area contributed by atoms with Gasteiger partial charge in [-0.1, -0.05) is 24.3 Å². The van der Waals surface area contributed by atoms with E-state index in [4.69, 9.17) is 0 Å². The molecule has 33 heavy (non-hydrogen) atoms. The Hall–Kier alpha value is -3.37. The zero-order valence-corrected chi connectivity index (χ0v) is 18.6. The average Bonchev–Trinajstić information content (AvgIpc) is 3.29. The van der Waals surface area contributed by atoms with E-state index in [1.165, 1.54) is 29.5 Å². The maximum Gasteiger partial charge on any atom is 0.273 e. The molecule has 0 atom stereocenters. The summed E-state index contributed by atoms with van der Waals surface area (Å²) in [5.74, 6) is -1.01. The summed E-state index contributed by atoms with van der Waals surface area (Å²) < 4.78 is 26.8. The highest BCUT2D eigenvalue weighted by Crippen LogP contribution is 2.23. The van der Waals surface area contributed by atoms with Crippen molar-refractivity contribution in [2.75, 3.05) is 38.0 Å². The predicted octanol–water partition coefficient (Wildman–Crippen LogP) is 3.24. The molecule has 172 valence electrons. The van der Waals surface area contributed by atoms with Gasteiger partial charge in [-0.2, -0.15) is 0 Å². The summed E-state index contributed by atoms with van der Waals surface area (Å²) in [4.78, 5) is 33.0. The van der Waals surface area contributed by atoms with E-state index in [0.717, 1.165) is 5.56 Å². The van der Waals surface area contributed by atoms with Crippen molar-refractivity contribution in [3.8, 4) is 0 Å². The summed E-state index contributed by atoms with van der Waals surface area (Å²) >= 11 is 1.24. The Morgan fingerprint density at radius 1 is 1.00 bits per heavy atom. The monoisotopic (exact) mass is 471 g/mol. The molecule has 2 N–H and O–H groups in total. The molecular weight excluding hydrogens is 448 g/mol. The van der Waals surface area contributed by atoms with Crippen LogP contribution in [-0.2, 0) is 11.3 Å². The van der Waals surface area contributed by atoms with Crippen LogP contribution < -0.4 is 10.6 Å². The normalized spacial score (nSPS) is 14.2. The predicted molar refractivity (Wildman–Crippen MR) is 122 cm³/mol. The number of amides is 2. The van der Waals surface area contributed by atoms with Crippen molar-refractivity contribution in [1.29, 1.82) is 0 Å². The standard InChI is InChI=1S/C23H23F2N5O2S/c24-17-7-5-16(6-8-17)13-26-21(31)14-29-9-11-30(12-10-29)22(32)20-15-33-23(28-20)27-19-4-2-1-3-18(19)25/h1-8,15H,9-14H2,(H,26,31)(H,27,28). The van der Waals surface area contributed by atoms with Crippen LogP contribution in [0.3, 0.4) is 0 Å². The summed E-state index contributed by atoms with van der Waals surface area (Å²) in [6.07, 6.45) is 0. The fourth-order valence-corrected chi connectivity index (χ4v) is 4.14. The van der Waals surface area contributed by atoms with Crippen molar-refractivity contribution < 1.29 is 18.4 Å². The Bertz CT molecular complexity index is 1110. The van der Waals surface area contributed by atoms with Gasteiger partial charge in [0.05, 0.1) is 12.2 Å². The first-order chi connectivity index (χ1) is 16.0. The van der Waals surface area contributed by atoms with Gasteiger partial charge in [0.25, 0.3) is 5.91 Å². The van der Waals surface area contributed by atoms with E-state index in [0.29, 0.717) is 49.2 Å². The number of hydrogen-bond acceptors (Lipinski definition) is 6. The van der Waals surface area contributed by atoms with Crippen molar-refractivity contribution in [3.05, 3.63) is 76.8 Å². The molecule has 0 spiro atoms. The molecule has 2 aromatic carbocycles. The minimum absolute atomic E-state index is 0.123. The number of aromatic nitrogens is 1. The van der Waals surface area contributed by atoms with Gasteiger partial charge in [0.15, 0.2) is 5.13 Å². The van der Waals surface area contributed by atoms with Crippen LogP contribution in [0.1, 0.15) is 16.1 Å². The lowest BCUT2D eigenvalue weighted by Gasteiger charge is -2.33. The molecule has 1 saturated heterocycles. The van der Waals surface area contributed by atoms with Crippen molar-refractivity contribution in [2.24, 2.45) is 0 Å². The molecule has 1 aliphatic heterocycles. The number of rotatable bonds is 7. The molecule has 1 aliphatic rings. The van der Waals surface area contributed by atoms with E-state index in [1.807, 2.05) is 4.90 Å². The van der Waals surface area contributed by atoms with Gasteiger partial charge < -0.3 is 15.5 Å². The lowest BCUT2D eigenvalue weighted by atomic mass is 10.2. The van der Waals surface area contributed by atoms with E-state index in [2.05, 4.69) is 15.6 Å². The minimum Gasteiger partial charge on any atom is -0.351 e. The third-order valence-corrected chi connectivity index (χ3v) is 6.03. The Balaban J connectivity index is 1.23. The van der Waals surface area contributed by atoms with Crippen molar-refractivity contribution >= 4 is 34.0 Å². The average molecular weight is 472 g/mol. The molecule has 10 heteroatoms. The quantitative estimate of drug-likeness (QED) is 0.553. The molecule has 1 aromatic heterocycles. The summed E-state index contributed by atoms with van der Waals surface area (Å²) in [7, 11) is 0.